The van der Waals surface area contributed by atoms with E-state index >= 15 is 0 Å². The van der Waals surface area contributed by atoms with Gasteiger partial charge in [0.25, 0.3) is 6.43 Å². The Balaban J connectivity index is 2.36. The molecule has 1 aromatic carbocycles. The quantitative estimate of drug-likeness (QED) is 0.740. The summed E-state index contributed by atoms with van der Waals surface area (Å²) in [4.78, 5) is 1.98. The number of alkyl halides is 2. The van der Waals surface area contributed by atoms with Crippen LogP contribution in [0.4, 0.5) is 13.2 Å². The minimum Gasteiger partial charge on any atom is -0.395 e. The highest BCUT2D eigenvalue weighted by Gasteiger charge is 2.11. The molecule has 0 radical (unpaired) electrons. The lowest BCUT2D eigenvalue weighted by Crippen LogP contribution is -2.33. The van der Waals surface area contributed by atoms with E-state index in [-0.39, 0.29) is 25.5 Å². The van der Waals surface area contributed by atoms with Crippen molar-refractivity contribution in [2.24, 2.45) is 0 Å². The predicted octanol–water partition coefficient (Wildman–Crippen LogP) is 2.48. The van der Waals surface area contributed by atoms with Crippen molar-refractivity contribution in [3.05, 3.63) is 30.1 Å². The first-order valence-electron chi connectivity index (χ1n) is 5.62. The van der Waals surface area contributed by atoms with Crippen molar-refractivity contribution in [2.45, 2.75) is 11.3 Å². The van der Waals surface area contributed by atoms with Gasteiger partial charge in [0.15, 0.2) is 0 Å². The second-order valence-corrected chi connectivity index (χ2v) is 4.83. The molecule has 0 aliphatic rings. The molecule has 6 heteroatoms. The molecule has 0 fully saturated rings. The molecular formula is C12H16F3NOS. The first-order valence-corrected chi connectivity index (χ1v) is 6.60. The maximum atomic E-state index is 13.3. The molecule has 0 saturated carbocycles. The Morgan fingerprint density at radius 1 is 1.22 bits per heavy atom. The molecule has 0 aliphatic carbocycles. The van der Waals surface area contributed by atoms with Crippen molar-refractivity contribution >= 4 is 11.8 Å². The van der Waals surface area contributed by atoms with Crippen molar-refractivity contribution in [1.29, 1.82) is 0 Å². The van der Waals surface area contributed by atoms with Crippen molar-refractivity contribution < 1.29 is 18.3 Å². The topological polar surface area (TPSA) is 23.5 Å². The number of aliphatic hydroxyl groups is 1. The summed E-state index contributed by atoms with van der Waals surface area (Å²) < 4.78 is 37.7. The lowest BCUT2D eigenvalue weighted by Gasteiger charge is -2.20. The van der Waals surface area contributed by atoms with Crippen LogP contribution in [0.1, 0.15) is 0 Å². The Morgan fingerprint density at radius 2 is 1.94 bits per heavy atom. The molecule has 0 amide bonds. The molecule has 0 bridgehead atoms. The number of rotatable bonds is 8. The highest BCUT2D eigenvalue weighted by atomic mass is 32.2. The van der Waals surface area contributed by atoms with Crippen LogP contribution >= 0.6 is 11.8 Å². The van der Waals surface area contributed by atoms with Gasteiger partial charge in [0.2, 0.25) is 0 Å². The van der Waals surface area contributed by atoms with E-state index in [1.54, 1.807) is 18.2 Å². The Morgan fingerprint density at radius 3 is 2.56 bits per heavy atom. The Hall–Kier alpha value is -0.720. The van der Waals surface area contributed by atoms with E-state index in [2.05, 4.69) is 0 Å². The van der Waals surface area contributed by atoms with E-state index in [4.69, 9.17) is 5.11 Å². The van der Waals surface area contributed by atoms with Gasteiger partial charge in [-0.15, -0.1) is 11.8 Å². The van der Waals surface area contributed by atoms with E-state index in [0.717, 1.165) is 0 Å². The Kier molecular flexibility index (Phi) is 7.15. The third-order valence-corrected chi connectivity index (χ3v) is 3.34. The van der Waals surface area contributed by atoms with Crippen molar-refractivity contribution in [2.75, 3.05) is 32.0 Å². The summed E-state index contributed by atoms with van der Waals surface area (Å²) in [5.41, 5.74) is 0. The van der Waals surface area contributed by atoms with E-state index in [1.807, 2.05) is 0 Å². The zero-order valence-corrected chi connectivity index (χ0v) is 10.7. The van der Waals surface area contributed by atoms with Gasteiger partial charge in [-0.2, -0.15) is 0 Å². The molecule has 1 aromatic rings. The normalized spacial score (nSPS) is 11.4. The van der Waals surface area contributed by atoms with Crippen molar-refractivity contribution in [3.63, 3.8) is 0 Å². The smallest absolute Gasteiger partial charge is 0.251 e. The largest absolute Gasteiger partial charge is 0.395 e. The molecule has 0 spiro atoms. The summed E-state index contributed by atoms with van der Waals surface area (Å²) in [6, 6.07) is 6.36. The second-order valence-electron chi connectivity index (χ2n) is 3.69. The van der Waals surface area contributed by atoms with Crippen LogP contribution in [-0.2, 0) is 0 Å². The van der Waals surface area contributed by atoms with Crippen molar-refractivity contribution in [1.82, 2.24) is 4.90 Å². The number of hydrogen-bond acceptors (Lipinski definition) is 3. The van der Waals surface area contributed by atoms with E-state index in [0.29, 0.717) is 17.2 Å². The minimum atomic E-state index is -2.42. The molecule has 102 valence electrons. The molecule has 1 N–H and O–H groups in total. The zero-order chi connectivity index (χ0) is 13.4. The molecular weight excluding hydrogens is 263 g/mol. The third kappa shape index (κ3) is 5.75. The molecule has 2 nitrogen and oxygen atoms in total. The Labute approximate surface area is 109 Å². The lowest BCUT2D eigenvalue weighted by molar-refractivity contribution is 0.0818. The maximum Gasteiger partial charge on any atom is 0.251 e. The van der Waals surface area contributed by atoms with Crippen LogP contribution in [0.25, 0.3) is 0 Å². The molecule has 0 heterocycles. The summed E-state index contributed by atoms with van der Waals surface area (Å²) >= 11 is 1.29. The summed E-state index contributed by atoms with van der Waals surface area (Å²) in [5, 5.41) is 8.76. The standard InChI is InChI=1S/C12H16F3NOS/c13-10-3-1-2-4-11(10)18-8-6-16(5-7-17)9-12(14)15/h1-4,12,17H,5-9H2. The average molecular weight is 279 g/mol. The summed E-state index contributed by atoms with van der Waals surface area (Å²) in [7, 11) is 0. The fourth-order valence-electron chi connectivity index (χ4n) is 1.48. The number of aliphatic hydroxyl groups excluding tert-OH is 1. The second kappa shape index (κ2) is 8.39. The highest BCUT2D eigenvalue weighted by Crippen LogP contribution is 2.21. The van der Waals surface area contributed by atoms with Crippen LogP contribution in [0.15, 0.2) is 29.2 Å². The molecule has 0 aliphatic heterocycles. The predicted molar refractivity (Wildman–Crippen MR) is 66.7 cm³/mol. The van der Waals surface area contributed by atoms with E-state index < -0.39 is 6.43 Å². The summed E-state index contributed by atoms with van der Waals surface area (Å²) in [6.07, 6.45) is -2.42. The van der Waals surface area contributed by atoms with Gasteiger partial charge >= 0.3 is 0 Å². The lowest BCUT2D eigenvalue weighted by atomic mass is 10.3. The summed E-state index contributed by atoms with van der Waals surface area (Å²) in [5.74, 6) is 0.207. The number of hydrogen-bond donors (Lipinski definition) is 1. The molecule has 18 heavy (non-hydrogen) atoms. The fraction of sp³-hybridized carbons (Fsp3) is 0.500. The van der Waals surface area contributed by atoms with Crippen LogP contribution in [0.5, 0.6) is 0 Å². The van der Waals surface area contributed by atoms with Gasteiger partial charge in [0.05, 0.1) is 13.2 Å². The monoisotopic (exact) mass is 279 g/mol. The van der Waals surface area contributed by atoms with Crippen LogP contribution in [0.3, 0.4) is 0 Å². The molecule has 0 saturated heterocycles. The van der Waals surface area contributed by atoms with E-state index in [1.165, 1.54) is 22.7 Å². The highest BCUT2D eigenvalue weighted by molar-refractivity contribution is 7.99. The average Bonchev–Trinajstić information content (AvgIpc) is 2.31. The Bertz CT molecular complexity index is 352. The van der Waals surface area contributed by atoms with Gasteiger partial charge in [0, 0.05) is 23.7 Å². The first kappa shape index (κ1) is 15.3. The van der Waals surface area contributed by atoms with Gasteiger partial charge in [-0.1, -0.05) is 12.1 Å². The van der Waals surface area contributed by atoms with Crippen LogP contribution in [-0.4, -0.2) is 48.4 Å². The molecule has 0 unspecified atom stereocenters. The number of benzene rings is 1. The van der Waals surface area contributed by atoms with E-state index in [9.17, 15) is 13.2 Å². The molecule has 0 atom stereocenters. The van der Waals surface area contributed by atoms with Gasteiger partial charge in [-0.3, -0.25) is 4.90 Å². The van der Waals surface area contributed by atoms with Crippen LogP contribution in [0.2, 0.25) is 0 Å². The summed E-state index contributed by atoms with van der Waals surface area (Å²) in [6.45, 7) is 0.0849. The van der Waals surface area contributed by atoms with Gasteiger partial charge in [0.1, 0.15) is 5.82 Å². The zero-order valence-electron chi connectivity index (χ0n) is 9.86. The fourth-order valence-corrected chi connectivity index (χ4v) is 2.43. The first-order chi connectivity index (χ1) is 8.63. The number of halogens is 3. The number of nitrogens with zero attached hydrogens (tertiary/aromatic N) is 1. The van der Waals surface area contributed by atoms with Crippen LogP contribution < -0.4 is 0 Å². The third-order valence-electron chi connectivity index (χ3n) is 2.31. The molecule has 0 aromatic heterocycles. The van der Waals surface area contributed by atoms with Gasteiger partial charge in [-0.05, 0) is 12.1 Å². The maximum absolute atomic E-state index is 13.3. The van der Waals surface area contributed by atoms with Gasteiger partial charge < -0.3 is 5.11 Å². The SMILES string of the molecule is OCCN(CCSc1ccccc1F)CC(F)F. The van der Waals surface area contributed by atoms with Gasteiger partial charge in [-0.25, -0.2) is 13.2 Å². The minimum absolute atomic E-state index is 0.156. The number of thioether (sulfide) groups is 1. The van der Waals surface area contributed by atoms with Crippen molar-refractivity contribution in [3.8, 4) is 0 Å². The molecule has 1 rings (SSSR count). The van der Waals surface area contributed by atoms with Crippen LogP contribution in [0, 0.1) is 5.82 Å².